The van der Waals surface area contributed by atoms with Crippen LogP contribution in [0, 0.1) is 5.82 Å². The Kier molecular flexibility index (Phi) is 4.97. The summed E-state index contributed by atoms with van der Waals surface area (Å²) in [5.74, 6) is -0.406. The molecule has 2 heterocycles. The van der Waals surface area contributed by atoms with Crippen LogP contribution in [0.5, 0.6) is 0 Å². The second kappa shape index (κ2) is 6.88. The van der Waals surface area contributed by atoms with E-state index in [1.54, 1.807) is 11.0 Å². The number of hydrogen-bond acceptors (Lipinski definition) is 3. The zero-order valence-electron chi connectivity index (χ0n) is 14.2. The summed E-state index contributed by atoms with van der Waals surface area (Å²) in [6, 6.07) is 4.89. The SMILES string of the molecule is C=CCN1C(=O)CCC[C@]12CCCN(S(=O)(=O)c1ccc(F)cc1)C2. The van der Waals surface area contributed by atoms with Crippen LogP contribution >= 0.6 is 0 Å². The van der Waals surface area contributed by atoms with Gasteiger partial charge in [-0.1, -0.05) is 6.08 Å². The molecule has 0 N–H and O–H groups in total. The highest BCUT2D eigenvalue weighted by Gasteiger charge is 2.47. The molecule has 0 aliphatic carbocycles. The molecule has 2 saturated heterocycles. The van der Waals surface area contributed by atoms with Crippen molar-refractivity contribution in [3.63, 3.8) is 0 Å². The minimum absolute atomic E-state index is 0.0622. The van der Waals surface area contributed by atoms with Crippen molar-refractivity contribution in [2.24, 2.45) is 0 Å². The highest BCUT2D eigenvalue weighted by Crippen LogP contribution is 2.38. The molecular formula is C18H23FN2O3S. The quantitative estimate of drug-likeness (QED) is 0.770. The number of carbonyl (C=O) groups is 1. The molecule has 1 aromatic carbocycles. The fraction of sp³-hybridized carbons (Fsp3) is 0.500. The van der Waals surface area contributed by atoms with Crippen LogP contribution in [-0.4, -0.2) is 48.7 Å². The van der Waals surface area contributed by atoms with Crippen molar-refractivity contribution >= 4 is 15.9 Å². The van der Waals surface area contributed by atoms with Gasteiger partial charge in [-0.05, 0) is 49.9 Å². The van der Waals surface area contributed by atoms with E-state index < -0.39 is 21.4 Å². The minimum Gasteiger partial charge on any atom is -0.332 e. The molecule has 3 rings (SSSR count). The molecule has 0 bridgehead atoms. The Balaban J connectivity index is 1.90. The van der Waals surface area contributed by atoms with Crippen molar-refractivity contribution in [3.8, 4) is 0 Å². The van der Waals surface area contributed by atoms with E-state index in [1.165, 1.54) is 16.4 Å². The number of halogens is 1. The maximum atomic E-state index is 13.1. The average Bonchev–Trinajstić information content (AvgIpc) is 2.59. The first-order chi connectivity index (χ1) is 11.9. The Morgan fingerprint density at radius 1 is 1.20 bits per heavy atom. The monoisotopic (exact) mass is 366 g/mol. The van der Waals surface area contributed by atoms with Crippen molar-refractivity contribution in [3.05, 3.63) is 42.7 Å². The first-order valence-corrected chi connectivity index (χ1v) is 10.0. The fourth-order valence-electron chi connectivity index (χ4n) is 3.98. The summed E-state index contributed by atoms with van der Waals surface area (Å²) in [5.41, 5.74) is -0.463. The summed E-state index contributed by atoms with van der Waals surface area (Å²) in [4.78, 5) is 14.3. The van der Waals surface area contributed by atoms with Gasteiger partial charge in [0.25, 0.3) is 0 Å². The van der Waals surface area contributed by atoms with Crippen LogP contribution in [-0.2, 0) is 14.8 Å². The van der Waals surface area contributed by atoms with Gasteiger partial charge >= 0.3 is 0 Å². The van der Waals surface area contributed by atoms with Gasteiger partial charge in [-0.25, -0.2) is 12.8 Å². The van der Waals surface area contributed by atoms with Gasteiger partial charge in [-0.3, -0.25) is 4.79 Å². The summed E-state index contributed by atoms with van der Waals surface area (Å²) < 4.78 is 40.5. The van der Waals surface area contributed by atoms with Crippen LogP contribution in [0.4, 0.5) is 4.39 Å². The summed E-state index contributed by atoms with van der Waals surface area (Å²) in [5, 5.41) is 0. The van der Waals surface area contributed by atoms with E-state index in [9.17, 15) is 17.6 Å². The Morgan fingerprint density at radius 3 is 2.56 bits per heavy atom. The molecule has 0 saturated carbocycles. The number of piperidine rings is 2. The summed E-state index contributed by atoms with van der Waals surface area (Å²) in [6.45, 7) is 4.86. The summed E-state index contributed by atoms with van der Waals surface area (Å²) in [7, 11) is -3.71. The van der Waals surface area contributed by atoms with E-state index in [-0.39, 0.29) is 17.3 Å². The molecule has 1 amide bonds. The molecule has 5 nitrogen and oxygen atoms in total. The van der Waals surface area contributed by atoms with Crippen molar-refractivity contribution in [1.82, 2.24) is 9.21 Å². The standard InChI is InChI=1S/C18H23FN2O3S/c1-2-12-21-17(22)5-3-10-18(21)11-4-13-20(14-18)25(23,24)16-8-6-15(19)7-9-16/h2,6-9H,1,3-5,10-14H2/t18-/m1/s1. The average molecular weight is 366 g/mol. The smallest absolute Gasteiger partial charge is 0.243 e. The zero-order valence-corrected chi connectivity index (χ0v) is 15.0. The highest BCUT2D eigenvalue weighted by atomic mass is 32.2. The lowest BCUT2D eigenvalue weighted by atomic mass is 9.80. The number of rotatable bonds is 4. The van der Waals surface area contributed by atoms with E-state index in [2.05, 4.69) is 6.58 Å². The summed E-state index contributed by atoms with van der Waals surface area (Å²) >= 11 is 0. The van der Waals surface area contributed by atoms with Crippen LogP contribution in [0.25, 0.3) is 0 Å². The van der Waals surface area contributed by atoms with E-state index >= 15 is 0 Å². The molecule has 2 fully saturated rings. The third-order valence-electron chi connectivity index (χ3n) is 5.19. The van der Waals surface area contributed by atoms with Crippen molar-refractivity contribution in [2.75, 3.05) is 19.6 Å². The maximum absolute atomic E-state index is 13.1. The molecule has 7 heteroatoms. The number of nitrogens with zero attached hydrogens (tertiary/aromatic N) is 2. The van der Waals surface area contributed by atoms with Crippen LogP contribution in [0.2, 0.25) is 0 Å². The van der Waals surface area contributed by atoms with Crippen LogP contribution in [0.15, 0.2) is 41.8 Å². The second-order valence-electron chi connectivity index (χ2n) is 6.77. The molecule has 1 atom stereocenters. The van der Waals surface area contributed by atoms with Gasteiger partial charge in [0.15, 0.2) is 0 Å². The van der Waals surface area contributed by atoms with E-state index in [0.717, 1.165) is 31.4 Å². The molecule has 2 aliphatic heterocycles. The molecule has 0 aromatic heterocycles. The molecule has 1 aromatic rings. The lowest BCUT2D eigenvalue weighted by Crippen LogP contribution is -2.63. The first kappa shape index (κ1) is 18.1. The van der Waals surface area contributed by atoms with Crippen molar-refractivity contribution in [2.45, 2.75) is 42.5 Å². The number of likely N-dealkylation sites (tertiary alicyclic amines) is 1. The van der Waals surface area contributed by atoms with Gasteiger partial charge in [0.1, 0.15) is 5.82 Å². The molecule has 136 valence electrons. The van der Waals surface area contributed by atoms with Gasteiger partial charge in [-0.15, -0.1) is 6.58 Å². The van der Waals surface area contributed by atoms with Gasteiger partial charge in [0.05, 0.1) is 10.4 Å². The Morgan fingerprint density at radius 2 is 1.88 bits per heavy atom. The number of carbonyl (C=O) groups excluding carboxylic acids is 1. The van der Waals surface area contributed by atoms with Crippen LogP contribution in [0.1, 0.15) is 32.1 Å². The van der Waals surface area contributed by atoms with Gasteiger partial charge in [-0.2, -0.15) is 4.31 Å². The third kappa shape index (κ3) is 3.35. The normalized spacial score (nSPS) is 25.3. The lowest BCUT2D eigenvalue weighted by molar-refractivity contribution is -0.143. The van der Waals surface area contributed by atoms with Crippen molar-refractivity contribution < 1.29 is 17.6 Å². The molecule has 0 unspecified atom stereocenters. The van der Waals surface area contributed by atoms with E-state index in [1.807, 2.05) is 0 Å². The minimum atomic E-state index is -3.71. The van der Waals surface area contributed by atoms with Gasteiger partial charge < -0.3 is 4.90 Å². The predicted octanol–water partition coefficient (Wildman–Crippen LogP) is 2.55. The van der Waals surface area contributed by atoms with Gasteiger partial charge in [0, 0.05) is 26.1 Å². The Labute approximate surface area is 148 Å². The van der Waals surface area contributed by atoms with Crippen molar-refractivity contribution in [1.29, 1.82) is 0 Å². The topological polar surface area (TPSA) is 57.7 Å². The maximum Gasteiger partial charge on any atom is 0.243 e. The zero-order chi connectivity index (χ0) is 18.1. The van der Waals surface area contributed by atoms with Crippen LogP contribution < -0.4 is 0 Å². The van der Waals surface area contributed by atoms with E-state index in [0.29, 0.717) is 25.9 Å². The largest absolute Gasteiger partial charge is 0.332 e. The van der Waals surface area contributed by atoms with Gasteiger partial charge in [0.2, 0.25) is 15.9 Å². The number of amides is 1. The van der Waals surface area contributed by atoms with Crippen LogP contribution in [0.3, 0.4) is 0 Å². The number of hydrogen-bond donors (Lipinski definition) is 0. The van der Waals surface area contributed by atoms with E-state index in [4.69, 9.17) is 0 Å². The second-order valence-corrected chi connectivity index (χ2v) is 8.70. The third-order valence-corrected chi connectivity index (χ3v) is 7.05. The molecule has 0 radical (unpaired) electrons. The molecule has 25 heavy (non-hydrogen) atoms. The summed E-state index contributed by atoms with van der Waals surface area (Å²) in [6.07, 6.45) is 5.25. The Hall–Kier alpha value is -1.73. The first-order valence-electron chi connectivity index (χ1n) is 8.56. The fourth-order valence-corrected chi connectivity index (χ4v) is 5.54. The predicted molar refractivity (Wildman–Crippen MR) is 92.9 cm³/mol. The lowest BCUT2D eigenvalue weighted by Gasteiger charge is -2.51. The number of benzene rings is 1. The Bertz CT molecular complexity index is 759. The molecule has 1 spiro atoms. The molecule has 2 aliphatic rings. The highest BCUT2D eigenvalue weighted by molar-refractivity contribution is 7.89. The molecular weight excluding hydrogens is 343 g/mol. The number of sulfonamides is 1.